The predicted octanol–water partition coefficient (Wildman–Crippen LogP) is 4.55. The summed E-state index contributed by atoms with van der Waals surface area (Å²) in [5.74, 6) is 0.271. The molecule has 0 radical (unpaired) electrons. The predicted molar refractivity (Wildman–Crippen MR) is 100 cm³/mol. The Morgan fingerprint density at radius 2 is 1.88 bits per heavy atom. The smallest absolute Gasteiger partial charge is 0.407 e. The third-order valence-electron chi connectivity index (χ3n) is 3.82. The van der Waals surface area contributed by atoms with Gasteiger partial charge in [-0.1, -0.05) is 26.0 Å². The number of hydrogen-bond acceptors (Lipinski definition) is 3. The molecule has 0 aliphatic heterocycles. The summed E-state index contributed by atoms with van der Waals surface area (Å²) in [7, 11) is 0. The van der Waals surface area contributed by atoms with E-state index in [-0.39, 0.29) is 11.4 Å². The second kappa shape index (κ2) is 8.65. The molecule has 142 valence electrons. The molecule has 1 rings (SSSR count). The van der Waals surface area contributed by atoms with Crippen LogP contribution < -0.4 is 10.6 Å². The van der Waals surface area contributed by atoms with Crippen LogP contribution in [0, 0.1) is 18.7 Å². The second-order valence-corrected chi connectivity index (χ2v) is 8.45. The fraction of sp³-hybridized carbons (Fsp3) is 0.650. The number of amides is 1. The number of nitrogens with one attached hydrogen (secondary N) is 2. The summed E-state index contributed by atoms with van der Waals surface area (Å²) in [4.78, 5) is 11.9. The van der Waals surface area contributed by atoms with E-state index in [1.54, 1.807) is 13.0 Å². The first kappa shape index (κ1) is 21.4. The molecule has 0 fully saturated rings. The fourth-order valence-corrected chi connectivity index (χ4v) is 2.82. The highest BCUT2D eigenvalue weighted by molar-refractivity contribution is 5.67. The van der Waals surface area contributed by atoms with Crippen LogP contribution in [0.25, 0.3) is 0 Å². The monoisotopic (exact) mass is 352 g/mol. The maximum Gasteiger partial charge on any atom is 0.407 e. The van der Waals surface area contributed by atoms with Gasteiger partial charge in [0.25, 0.3) is 0 Å². The van der Waals surface area contributed by atoms with Crippen molar-refractivity contribution >= 4 is 6.09 Å². The lowest BCUT2D eigenvalue weighted by atomic mass is 9.90. The van der Waals surface area contributed by atoms with E-state index in [0.717, 1.165) is 12.0 Å². The molecule has 1 atom stereocenters. The molecule has 1 unspecified atom stereocenters. The molecule has 0 spiro atoms. The third kappa shape index (κ3) is 8.34. The molecule has 0 aliphatic carbocycles. The Kier molecular flexibility index (Phi) is 7.42. The molecule has 4 nitrogen and oxygen atoms in total. The van der Waals surface area contributed by atoms with Crippen molar-refractivity contribution in [3.8, 4) is 0 Å². The van der Waals surface area contributed by atoms with Gasteiger partial charge in [-0.25, -0.2) is 9.18 Å². The molecule has 5 heteroatoms. The van der Waals surface area contributed by atoms with E-state index in [4.69, 9.17) is 4.74 Å². The zero-order chi connectivity index (χ0) is 19.3. The molecule has 2 N–H and O–H groups in total. The number of carbonyl (C=O) groups is 1. The number of ether oxygens (including phenoxy) is 1. The number of benzene rings is 1. The number of alkyl carbamates (subject to hydrolysis) is 1. The summed E-state index contributed by atoms with van der Waals surface area (Å²) < 4.78 is 18.7. The average Bonchev–Trinajstić information content (AvgIpc) is 2.44. The third-order valence-corrected chi connectivity index (χ3v) is 3.82. The molecule has 0 aromatic heterocycles. The highest BCUT2D eigenvalue weighted by Crippen LogP contribution is 2.18. The number of hydrogen-bond donors (Lipinski definition) is 2. The Bertz CT molecular complexity index is 582. The van der Waals surface area contributed by atoms with E-state index in [0.29, 0.717) is 24.6 Å². The molecule has 0 heterocycles. The molecule has 0 saturated carbocycles. The van der Waals surface area contributed by atoms with Crippen LogP contribution in [-0.4, -0.2) is 23.8 Å². The molecule has 1 amide bonds. The van der Waals surface area contributed by atoms with Crippen LogP contribution in [0.15, 0.2) is 18.2 Å². The standard InChI is InChI=1S/C20H33FN2O2/c1-14(2)11-20(7,13-22-18(24)25-19(4,5)6)23-12-16-8-9-17(21)15(3)10-16/h8-10,14,23H,11-13H2,1-7H3,(H,22,24). The maximum absolute atomic E-state index is 13.4. The molecule has 0 bridgehead atoms. The highest BCUT2D eigenvalue weighted by atomic mass is 19.1. The van der Waals surface area contributed by atoms with Crippen molar-refractivity contribution in [2.24, 2.45) is 5.92 Å². The van der Waals surface area contributed by atoms with Crippen molar-refractivity contribution in [3.63, 3.8) is 0 Å². The summed E-state index contributed by atoms with van der Waals surface area (Å²) in [5.41, 5.74) is 0.855. The number of aryl methyl sites for hydroxylation is 1. The summed E-state index contributed by atoms with van der Waals surface area (Å²) in [6, 6.07) is 5.12. The molecule has 0 saturated heterocycles. The summed E-state index contributed by atoms with van der Waals surface area (Å²) in [6.45, 7) is 14.7. The molecule has 1 aromatic rings. The minimum Gasteiger partial charge on any atom is -0.444 e. The lowest BCUT2D eigenvalue weighted by molar-refractivity contribution is 0.0507. The lowest BCUT2D eigenvalue weighted by Gasteiger charge is -2.33. The molecular weight excluding hydrogens is 319 g/mol. The van der Waals surface area contributed by atoms with Crippen LogP contribution in [0.5, 0.6) is 0 Å². The van der Waals surface area contributed by atoms with E-state index in [1.807, 2.05) is 26.8 Å². The Morgan fingerprint density at radius 3 is 2.40 bits per heavy atom. The van der Waals surface area contributed by atoms with Crippen LogP contribution in [-0.2, 0) is 11.3 Å². The maximum atomic E-state index is 13.4. The van der Waals surface area contributed by atoms with Gasteiger partial charge in [0.05, 0.1) is 0 Å². The van der Waals surface area contributed by atoms with E-state index in [1.165, 1.54) is 6.07 Å². The first-order valence-corrected chi connectivity index (χ1v) is 8.87. The van der Waals surface area contributed by atoms with Crippen molar-refractivity contribution in [1.82, 2.24) is 10.6 Å². The van der Waals surface area contributed by atoms with Crippen molar-refractivity contribution in [3.05, 3.63) is 35.1 Å². The zero-order valence-corrected chi connectivity index (χ0v) is 16.6. The zero-order valence-electron chi connectivity index (χ0n) is 16.6. The van der Waals surface area contributed by atoms with Gasteiger partial charge in [-0.3, -0.25) is 0 Å². The van der Waals surface area contributed by atoms with Gasteiger partial charge in [-0.05, 0) is 64.2 Å². The first-order valence-electron chi connectivity index (χ1n) is 8.87. The van der Waals surface area contributed by atoms with Gasteiger partial charge in [0.15, 0.2) is 0 Å². The summed E-state index contributed by atoms with van der Waals surface area (Å²) in [6.07, 6.45) is 0.477. The normalized spacial score (nSPS) is 14.3. The molecule has 25 heavy (non-hydrogen) atoms. The van der Waals surface area contributed by atoms with Crippen molar-refractivity contribution in [1.29, 1.82) is 0 Å². The minimum absolute atomic E-state index is 0.194. The van der Waals surface area contributed by atoms with Crippen LogP contribution >= 0.6 is 0 Å². The van der Waals surface area contributed by atoms with Crippen molar-refractivity contribution < 1.29 is 13.9 Å². The van der Waals surface area contributed by atoms with E-state index in [9.17, 15) is 9.18 Å². The first-order chi connectivity index (χ1) is 11.4. The largest absolute Gasteiger partial charge is 0.444 e. The number of carbonyl (C=O) groups excluding carboxylic acids is 1. The van der Waals surface area contributed by atoms with Gasteiger partial charge in [-0.15, -0.1) is 0 Å². The topological polar surface area (TPSA) is 50.4 Å². The molecular formula is C20H33FN2O2. The van der Waals surface area contributed by atoms with E-state index in [2.05, 4.69) is 31.4 Å². The number of halogens is 1. The van der Waals surface area contributed by atoms with Gasteiger partial charge in [0.1, 0.15) is 11.4 Å². The van der Waals surface area contributed by atoms with Crippen LogP contribution in [0.2, 0.25) is 0 Å². The fourth-order valence-electron chi connectivity index (χ4n) is 2.82. The Labute approximate surface area is 151 Å². The van der Waals surface area contributed by atoms with Gasteiger partial charge in [0, 0.05) is 18.6 Å². The quantitative estimate of drug-likeness (QED) is 0.757. The summed E-state index contributed by atoms with van der Waals surface area (Å²) >= 11 is 0. The lowest BCUT2D eigenvalue weighted by Crippen LogP contribution is -2.52. The Balaban J connectivity index is 2.70. The average molecular weight is 352 g/mol. The highest BCUT2D eigenvalue weighted by Gasteiger charge is 2.27. The van der Waals surface area contributed by atoms with Crippen LogP contribution in [0.1, 0.15) is 59.1 Å². The Morgan fingerprint density at radius 1 is 1.24 bits per heavy atom. The van der Waals surface area contributed by atoms with Crippen LogP contribution in [0.4, 0.5) is 9.18 Å². The molecule has 0 aliphatic rings. The van der Waals surface area contributed by atoms with Gasteiger partial charge < -0.3 is 15.4 Å². The summed E-state index contributed by atoms with van der Waals surface area (Å²) in [5, 5.41) is 6.37. The minimum atomic E-state index is -0.516. The second-order valence-electron chi connectivity index (χ2n) is 8.45. The van der Waals surface area contributed by atoms with Gasteiger partial charge in [-0.2, -0.15) is 0 Å². The SMILES string of the molecule is Cc1cc(CNC(C)(CNC(=O)OC(C)(C)C)CC(C)C)ccc1F. The Hall–Kier alpha value is -1.62. The van der Waals surface area contributed by atoms with Crippen molar-refractivity contribution in [2.45, 2.75) is 72.6 Å². The van der Waals surface area contributed by atoms with Gasteiger partial charge >= 0.3 is 6.09 Å². The number of rotatable bonds is 7. The molecule has 1 aromatic carbocycles. The van der Waals surface area contributed by atoms with Crippen LogP contribution in [0.3, 0.4) is 0 Å². The van der Waals surface area contributed by atoms with E-state index < -0.39 is 11.7 Å². The van der Waals surface area contributed by atoms with Crippen molar-refractivity contribution in [2.75, 3.05) is 6.54 Å². The van der Waals surface area contributed by atoms with E-state index >= 15 is 0 Å². The van der Waals surface area contributed by atoms with Gasteiger partial charge in [0.2, 0.25) is 0 Å².